The summed E-state index contributed by atoms with van der Waals surface area (Å²) in [4.78, 5) is 8.83. The number of pyridine rings is 2. The Labute approximate surface area is 353 Å². The molecular formula is C51H48IrN2O-2. The molecule has 3 nitrogen and oxygen atoms in total. The van der Waals surface area contributed by atoms with Crippen LogP contribution in [0.5, 0.6) is 0 Å². The van der Waals surface area contributed by atoms with Crippen molar-refractivity contribution in [1.82, 2.24) is 9.97 Å². The molecule has 0 N–H and O–H groups in total. The molecule has 55 heavy (non-hydrogen) atoms. The van der Waals surface area contributed by atoms with Crippen molar-refractivity contribution in [1.29, 1.82) is 0 Å². The first kappa shape index (κ1) is 27.7. The molecule has 3 aromatic heterocycles. The van der Waals surface area contributed by atoms with Gasteiger partial charge in [-0.2, -0.15) is 0 Å². The van der Waals surface area contributed by atoms with Crippen molar-refractivity contribution in [2.24, 2.45) is 10.8 Å². The molecule has 1 aliphatic carbocycles. The number of hydrogen-bond acceptors (Lipinski definition) is 3. The molecule has 3 heterocycles. The molecule has 279 valence electrons. The fraction of sp³-hybridized carbons (Fsp3) is 0.255. The molecule has 0 saturated heterocycles. The van der Waals surface area contributed by atoms with E-state index >= 15 is 0 Å². The van der Waals surface area contributed by atoms with Gasteiger partial charge in [0.05, 0.1) is 5.58 Å². The third-order valence-corrected chi connectivity index (χ3v) is 10.3. The van der Waals surface area contributed by atoms with Crippen molar-refractivity contribution in [3.63, 3.8) is 0 Å². The number of hydrogen-bond donors (Lipinski definition) is 0. The first-order valence-corrected chi connectivity index (χ1v) is 18.3. The molecule has 0 unspecified atom stereocenters. The number of furan rings is 1. The molecule has 0 amide bonds. The smallest absolute Gasteiger partial charge is 0.128 e. The van der Waals surface area contributed by atoms with Crippen LogP contribution in [0.15, 0.2) is 126 Å². The quantitative estimate of drug-likeness (QED) is 0.165. The van der Waals surface area contributed by atoms with Gasteiger partial charge in [-0.1, -0.05) is 136 Å². The van der Waals surface area contributed by atoms with E-state index in [-0.39, 0.29) is 47.6 Å². The molecule has 8 aromatic rings. The summed E-state index contributed by atoms with van der Waals surface area (Å²) < 4.78 is 86.5. The number of benzene rings is 5. The van der Waals surface area contributed by atoms with Crippen molar-refractivity contribution in [2.75, 3.05) is 0 Å². The standard InChI is InChI=1S/C32H32NO.C19H16N.Ir/c1-20-18-33-28(15-27(20)22-16-31(2,3)19-32(4,5)17-22)26-12-8-11-24-25-14-13-21-9-6-7-10-23(21)29(25)34-30(24)26;1-14-8-11-19(20-13-14)17-10-9-15(2)18(12-17)16-6-4-3-5-7-16;/h6-11,13-15,18,22H,16-17,19H2,1-5H3;3-9,11-13H,1-2H3;/q2*-1;/i1D3,22D;1D3,2D3;. The molecule has 4 heteroatoms. The van der Waals surface area contributed by atoms with Crippen molar-refractivity contribution < 1.29 is 38.2 Å². The van der Waals surface area contributed by atoms with E-state index in [0.29, 0.717) is 52.1 Å². The van der Waals surface area contributed by atoms with Crippen molar-refractivity contribution >= 4 is 32.7 Å². The van der Waals surface area contributed by atoms with Gasteiger partial charge in [-0.15, -0.1) is 47.5 Å². The van der Waals surface area contributed by atoms with Crippen LogP contribution < -0.4 is 0 Å². The molecule has 0 bridgehead atoms. The Bertz CT molecular complexity index is 2990. The van der Waals surface area contributed by atoms with Gasteiger partial charge in [0.15, 0.2) is 0 Å². The van der Waals surface area contributed by atoms with Crippen LogP contribution in [-0.4, -0.2) is 9.97 Å². The van der Waals surface area contributed by atoms with E-state index in [4.69, 9.17) is 16.8 Å². The predicted octanol–water partition coefficient (Wildman–Crippen LogP) is 14.1. The Hall–Kier alpha value is -4.89. The maximum Gasteiger partial charge on any atom is 0.128 e. The molecule has 1 radical (unpaired) electrons. The number of nitrogens with zero attached hydrogens (tertiary/aromatic N) is 2. The summed E-state index contributed by atoms with van der Waals surface area (Å²) in [5.74, 6) is -1.05. The second kappa shape index (κ2) is 15.3. The van der Waals surface area contributed by atoms with Crippen LogP contribution in [0.25, 0.3) is 66.4 Å². The van der Waals surface area contributed by atoms with Crippen molar-refractivity contribution in [2.45, 2.75) is 73.4 Å². The minimum absolute atomic E-state index is 0. The van der Waals surface area contributed by atoms with E-state index in [2.05, 4.69) is 74.1 Å². The van der Waals surface area contributed by atoms with Crippen LogP contribution in [0.4, 0.5) is 0 Å². The Morgan fingerprint density at radius 1 is 0.709 bits per heavy atom. The molecule has 1 aliphatic rings. The van der Waals surface area contributed by atoms with Crippen LogP contribution in [-0.2, 0) is 20.1 Å². The average Bonchev–Trinajstić information content (AvgIpc) is 3.61. The summed E-state index contributed by atoms with van der Waals surface area (Å²) >= 11 is 0. The van der Waals surface area contributed by atoms with Gasteiger partial charge in [-0.3, -0.25) is 0 Å². The summed E-state index contributed by atoms with van der Waals surface area (Å²) in [5.41, 5.74) is 6.13. The SMILES string of the molecule is [2H]C([2H])([2H])c1ccc(-c2[c-]cc(C([2H])([2H])[2H])c(-c3ccccc3)c2)nc1.[2H]C([2H])([2H])c1cnc(-c2[c-]ccc3c2oc2c4ccccc4ccc32)cc1C1([2H])CC(C)(C)CC(C)(C)C1.[Ir]. The number of rotatable bonds is 4. The topological polar surface area (TPSA) is 38.9 Å². The maximum absolute atomic E-state index is 9.68. The first-order valence-electron chi connectivity index (χ1n) is 23.3. The largest absolute Gasteiger partial charge is 0.500 e. The van der Waals surface area contributed by atoms with E-state index in [1.54, 1.807) is 12.1 Å². The van der Waals surface area contributed by atoms with Crippen LogP contribution in [0, 0.1) is 43.5 Å². The Morgan fingerprint density at radius 3 is 2.20 bits per heavy atom. The molecule has 1 saturated carbocycles. The monoisotopic (exact) mass is 907 g/mol. The predicted molar refractivity (Wildman–Crippen MR) is 226 cm³/mol. The summed E-state index contributed by atoms with van der Waals surface area (Å²) in [7, 11) is 0. The Kier molecular flexibility index (Phi) is 7.71. The first-order chi connectivity index (χ1) is 29.9. The molecule has 5 aromatic carbocycles. The minimum Gasteiger partial charge on any atom is -0.500 e. The van der Waals surface area contributed by atoms with E-state index in [0.717, 1.165) is 39.1 Å². The zero-order valence-electron chi connectivity index (χ0n) is 41.3. The molecule has 1 fully saturated rings. The summed E-state index contributed by atoms with van der Waals surface area (Å²) in [6.07, 6.45) is 4.92. The summed E-state index contributed by atoms with van der Waals surface area (Å²) in [6.45, 7) is 1.88. The average molecular weight is 907 g/mol. The third-order valence-electron chi connectivity index (χ3n) is 10.3. The van der Waals surface area contributed by atoms with Gasteiger partial charge >= 0.3 is 0 Å². The zero-order chi connectivity index (χ0) is 46.0. The Balaban J connectivity index is 0.000000205. The van der Waals surface area contributed by atoms with Gasteiger partial charge in [0, 0.05) is 57.0 Å². The molecular weight excluding hydrogens is 849 g/mol. The van der Waals surface area contributed by atoms with Crippen LogP contribution in [0.2, 0.25) is 0 Å². The van der Waals surface area contributed by atoms with Gasteiger partial charge in [0.2, 0.25) is 0 Å². The minimum atomic E-state index is -2.37. The van der Waals surface area contributed by atoms with Crippen LogP contribution >= 0.6 is 0 Å². The molecule has 0 aliphatic heterocycles. The fourth-order valence-electron chi connectivity index (χ4n) is 8.42. The molecule has 9 rings (SSSR count). The van der Waals surface area contributed by atoms with Crippen LogP contribution in [0.1, 0.15) is 88.8 Å². The fourth-order valence-corrected chi connectivity index (χ4v) is 8.42. The summed E-state index contributed by atoms with van der Waals surface area (Å²) in [5, 5.41) is 4.12. The zero-order valence-corrected chi connectivity index (χ0v) is 33.7. The number of aromatic nitrogens is 2. The number of aryl methyl sites for hydroxylation is 3. The van der Waals surface area contributed by atoms with Gasteiger partial charge in [0.25, 0.3) is 0 Å². The van der Waals surface area contributed by atoms with Gasteiger partial charge < -0.3 is 14.4 Å². The van der Waals surface area contributed by atoms with E-state index in [1.165, 1.54) is 24.5 Å². The normalized spacial score (nSPS) is 19.0. The number of fused-ring (bicyclic) bond motifs is 5. The maximum atomic E-state index is 9.68. The van der Waals surface area contributed by atoms with Crippen LogP contribution in [0.3, 0.4) is 0 Å². The third kappa shape index (κ3) is 7.95. The van der Waals surface area contributed by atoms with E-state index < -0.39 is 26.4 Å². The second-order valence-electron chi connectivity index (χ2n) is 15.9. The molecule has 0 atom stereocenters. The van der Waals surface area contributed by atoms with E-state index in [1.807, 2.05) is 60.7 Å². The van der Waals surface area contributed by atoms with Gasteiger partial charge in [0.1, 0.15) is 5.58 Å². The Morgan fingerprint density at radius 2 is 1.45 bits per heavy atom. The van der Waals surface area contributed by atoms with Gasteiger partial charge in [-0.25, -0.2) is 0 Å². The van der Waals surface area contributed by atoms with Crippen molar-refractivity contribution in [3.8, 4) is 33.6 Å². The van der Waals surface area contributed by atoms with Gasteiger partial charge in [-0.05, 0) is 88.7 Å². The van der Waals surface area contributed by atoms with E-state index in [9.17, 15) is 1.37 Å². The molecule has 0 spiro atoms. The van der Waals surface area contributed by atoms with Crippen molar-refractivity contribution in [3.05, 3.63) is 156 Å². The second-order valence-corrected chi connectivity index (χ2v) is 15.9. The summed E-state index contributed by atoms with van der Waals surface area (Å²) in [6, 6.07) is 39.8.